The second kappa shape index (κ2) is 10.6. The van der Waals surface area contributed by atoms with E-state index in [1.807, 2.05) is 6.92 Å². The minimum absolute atomic E-state index is 0.191. The highest BCUT2D eigenvalue weighted by molar-refractivity contribution is 5.94. The summed E-state index contributed by atoms with van der Waals surface area (Å²) in [4.78, 5) is 16.3. The fourth-order valence-corrected chi connectivity index (χ4v) is 1.96. The lowest BCUT2D eigenvalue weighted by atomic mass is 10.1. The molecule has 0 aliphatic carbocycles. The van der Waals surface area contributed by atoms with Crippen LogP contribution in [0.25, 0.3) is 0 Å². The number of rotatable bonds is 8. The van der Waals surface area contributed by atoms with Crippen molar-refractivity contribution in [2.75, 3.05) is 26.2 Å². The SMILES string of the molecule is CCCCN=C(NCC)NCCNC(=O)c1ccc(C(F)(F)F)cc1. The van der Waals surface area contributed by atoms with E-state index in [0.29, 0.717) is 19.0 Å². The third kappa shape index (κ3) is 7.91. The Morgan fingerprint density at radius 1 is 1.04 bits per heavy atom. The summed E-state index contributed by atoms with van der Waals surface area (Å²) >= 11 is 0. The molecular weight excluding hydrogens is 333 g/mol. The molecule has 0 radical (unpaired) electrons. The summed E-state index contributed by atoms with van der Waals surface area (Å²) in [5.41, 5.74) is -0.583. The van der Waals surface area contributed by atoms with Gasteiger partial charge in [-0.05, 0) is 37.6 Å². The summed E-state index contributed by atoms with van der Waals surface area (Å²) in [6.07, 6.45) is -2.34. The first-order valence-electron chi connectivity index (χ1n) is 8.36. The van der Waals surface area contributed by atoms with Crippen molar-refractivity contribution in [2.24, 2.45) is 4.99 Å². The van der Waals surface area contributed by atoms with Crippen LogP contribution in [0.1, 0.15) is 42.6 Å². The maximum Gasteiger partial charge on any atom is 0.416 e. The molecule has 0 aliphatic heterocycles. The molecule has 8 heteroatoms. The Labute approximate surface area is 146 Å². The van der Waals surface area contributed by atoms with Gasteiger partial charge in [0.2, 0.25) is 0 Å². The van der Waals surface area contributed by atoms with Gasteiger partial charge in [-0.1, -0.05) is 13.3 Å². The largest absolute Gasteiger partial charge is 0.416 e. The molecular formula is C17H25F3N4O. The van der Waals surface area contributed by atoms with Gasteiger partial charge in [0.15, 0.2) is 5.96 Å². The first-order chi connectivity index (χ1) is 11.9. The molecule has 140 valence electrons. The summed E-state index contributed by atoms with van der Waals surface area (Å²) in [6, 6.07) is 4.14. The van der Waals surface area contributed by atoms with Crippen molar-refractivity contribution in [3.63, 3.8) is 0 Å². The topological polar surface area (TPSA) is 65.5 Å². The van der Waals surface area contributed by atoms with Crippen LogP contribution in [0.5, 0.6) is 0 Å². The third-order valence-corrected chi connectivity index (χ3v) is 3.30. The highest BCUT2D eigenvalue weighted by Crippen LogP contribution is 2.28. The van der Waals surface area contributed by atoms with Crippen LogP contribution < -0.4 is 16.0 Å². The standard InChI is InChI=1S/C17H25F3N4O/c1-3-5-10-23-16(21-4-2)24-12-11-22-15(25)13-6-8-14(9-7-13)17(18,19)20/h6-9H,3-5,10-12H2,1-2H3,(H,22,25)(H2,21,23,24). The second-order valence-electron chi connectivity index (χ2n) is 5.37. The molecule has 5 nitrogen and oxygen atoms in total. The monoisotopic (exact) mass is 358 g/mol. The Bertz CT molecular complexity index is 556. The molecule has 0 fully saturated rings. The first-order valence-corrected chi connectivity index (χ1v) is 8.36. The number of carbonyl (C=O) groups is 1. The minimum Gasteiger partial charge on any atom is -0.357 e. The van der Waals surface area contributed by atoms with E-state index in [1.165, 1.54) is 12.1 Å². The Morgan fingerprint density at radius 2 is 1.68 bits per heavy atom. The van der Waals surface area contributed by atoms with E-state index in [-0.39, 0.29) is 5.56 Å². The van der Waals surface area contributed by atoms with Gasteiger partial charge in [-0.15, -0.1) is 0 Å². The molecule has 0 atom stereocenters. The molecule has 1 aromatic carbocycles. The Hall–Kier alpha value is -2.25. The highest BCUT2D eigenvalue weighted by Gasteiger charge is 2.30. The first kappa shape index (κ1) is 20.8. The summed E-state index contributed by atoms with van der Waals surface area (Å²) < 4.78 is 37.5. The van der Waals surface area contributed by atoms with Crippen LogP contribution in [0.15, 0.2) is 29.3 Å². The maximum absolute atomic E-state index is 12.5. The number of halogens is 3. The summed E-state index contributed by atoms with van der Waals surface area (Å²) in [5, 5.41) is 8.85. The fraction of sp³-hybridized carbons (Fsp3) is 0.529. The molecule has 0 bridgehead atoms. The van der Waals surface area contributed by atoms with E-state index < -0.39 is 17.6 Å². The van der Waals surface area contributed by atoms with Gasteiger partial charge in [0, 0.05) is 31.7 Å². The van der Waals surface area contributed by atoms with Crippen LogP contribution in [0, 0.1) is 0 Å². The molecule has 3 N–H and O–H groups in total. The Balaban J connectivity index is 2.42. The van der Waals surface area contributed by atoms with Gasteiger partial charge in [-0.3, -0.25) is 9.79 Å². The number of guanidine groups is 1. The molecule has 1 amide bonds. The zero-order valence-corrected chi connectivity index (χ0v) is 14.5. The number of hydrogen-bond donors (Lipinski definition) is 3. The van der Waals surface area contributed by atoms with Gasteiger partial charge in [-0.2, -0.15) is 13.2 Å². The second-order valence-corrected chi connectivity index (χ2v) is 5.37. The van der Waals surface area contributed by atoms with Crippen molar-refractivity contribution in [3.05, 3.63) is 35.4 Å². The molecule has 1 rings (SSSR count). The number of benzene rings is 1. The quantitative estimate of drug-likeness (QED) is 0.380. The van der Waals surface area contributed by atoms with Crippen molar-refractivity contribution in [2.45, 2.75) is 32.9 Å². The van der Waals surface area contributed by atoms with Gasteiger partial charge in [0.1, 0.15) is 0 Å². The number of amides is 1. The van der Waals surface area contributed by atoms with Gasteiger partial charge in [-0.25, -0.2) is 0 Å². The van der Waals surface area contributed by atoms with Crippen LogP contribution >= 0.6 is 0 Å². The zero-order chi connectivity index (χ0) is 18.7. The summed E-state index contributed by atoms with van der Waals surface area (Å²) in [5.74, 6) is 0.267. The average molecular weight is 358 g/mol. The lowest BCUT2D eigenvalue weighted by Crippen LogP contribution is -2.41. The Morgan fingerprint density at radius 3 is 2.24 bits per heavy atom. The van der Waals surface area contributed by atoms with Crippen molar-refractivity contribution >= 4 is 11.9 Å². The van der Waals surface area contributed by atoms with Crippen molar-refractivity contribution < 1.29 is 18.0 Å². The molecule has 0 unspecified atom stereocenters. The van der Waals surface area contributed by atoms with Gasteiger partial charge >= 0.3 is 6.18 Å². The predicted octanol–water partition coefficient (Wildman–Crippen LogP) is 2.79. The van der Waals surface area contributed by atoms with Crippen LogP contribution in [-0.2, 0) is 6.18 Å². The van der Waals surface area contributed by atoms with Gasteiger partial charge in [0.25, 0.3) is 5.91 Å². The van der Waals surface area contributed by atoms with Crippen molar-refractivity contribution in [1.82, 2.24) is 16.0 Å². The van der Waals surface area contributed by atoms with E-state index in [2.05, 4.69) is 27.9 Å². The summed E-state index contributed by atoms with van der Waals surface area (Å²) in [7, 11) is 0. The Kier molecular flexibility index (Phi) is 8.80. The third-order valence-electron chi connectivity index (χ3n) is 3.30. The molecule has 0 heterocycles. The molecule has 0 spiro atoms. The predicted molar refractivity (Wildman–Crippen MR) is 92.7 cm³/mol. The summed E-state index contributed by atoms with van der Waals surface area (Å²) in [6.45, 7) is 6.30. The van der Waals surface area contributed by atoms with E-state index >= 15 is 0 Å². The number of carbonyl (C=O) groups excluding carboxylic acids is 1. The van der Waals surface area contributed by atoms with Gasteiger partial charge < -0.3 is 16.0 Å². The molecule has 0 saturated heterocycles. The average Bonchev–Trinajstić information content (AvgIpc) is 2.58. The maximum atomic E-state index is 12.5. The number of hydrogen-bond acceptors (Lipinski definition) is 2. The molecule has 0 saturated carbocycles. The number of nitrogens with zero attached hydrogens (tertiary/aromatic N) is 1. The zero-order valence-electron chi connectivity index (χ0n) is 14.5. The molecule has 0 aromatic heterocycles. The number of nitrogens with one attached hydrogen (secondary N) is 3. The van der Waals surface area contributed by atoms with Crippen molar-refractivity contribution in [3.8, 4) is 0 Å². The van der Waals surface area contributed by atoms with E-state index in [0.717, 1.165) is 38.1 Å². The number of aliphatic imine (C=N–C) groups is 1. The van der Waals surface area contributed by atoms with E-state index in [9.17, 15) is 18.0 Å². The van der Waals surface area contributed by atoms with Crippen LogP contribution in [0.4, 0.5) is 13.2 Å². The highest BCUT2D eigenvalue weighted by atomic mass is 19.4. The normalized spacial score (nSPS) is 12.0. The lowest BCUT2D eigenvalue weighted by molar-refractivity contribution is -0.137. The van der Waals surface area contributed by atoms with E-state index in [4.69, 9.17) is 0 Å². The molecule has 1 aromatic rings. The number of alkyl halides is 3. The number of unbranched alkanes of at least 4 members (excludes halogenated alkanes) is 1. The fourth-order valence-electron chi connectivity index (χ4n) is 1.96. The van der Waals surface area contributed by atoms with Crippen molar-refractivity contribution in [1.29, 1.82) is 0 Å². The van der Waals surface area contributed by atoms with Crippen LogP contribution in [0.3, 0.4) is 0 Å². The minimum atomic E-state index is -4.40. The van der Waals surface area contributed by atoms with Gasteiger partial charge in [0.05, 0.1) is 5.56 Å². The molecule has 0 aliphatic rings. The lowest BCUT2D eigenvalue weighted by Gasteiger charge is -2.12. The smallest absolute Gasteiger partial charge is 0.357 e. The van der Waals surface area contributed by atoms with Crippen LogP contribution in [0.2, 0.25) is 0 Å². The van der Waals surface area contributed by atoms with E-state index in [1.54, 1.807) is 0 Å². The van der Waals surface area contributed by atoms with Crippen LogP contribution in [-0.4, -0.2) is 38.0 Å². The molecule has 25 heavy (non-hydrogen) atoms.